The van der Waals surface area contributed by atoms with Crippen molar-refractivity contribution in [2.24, 2.45) is 0 Å². The van der Waals surface area contributed by atoms with Crippen LogP contribution in [0.5, 0.6) is 0 Å². The van der Waals surface area contributed by atoms with Gasteiger partial charge in [0.1, 0.15) is 0 Å². The molecule has 0 fully saturated rings. The molecule has 0 unspecified atom stereocenters. The van der Waals surface area contributed by atoms with Gasteiger partial charge in [0.25, 0.3) is 0 Å². The zero-order valence-corrected chi connectivity index (χ0v) is 7.89. The van der Waals surface area contributed by atoms with E-state index in [1.54, 1.807) is 0 Å². The van der Waals surface area contributed by atoms with Gasteiger partial charge in [-0.3, -0.25) is 4.98 Å². The number of carbonyl (C=O) groups is 1. The van der Waals surface area contributed by atoms with Crippen LogP contribution >= 0.6 is 11.6 Å². The number of halogens is 3. The van der Waals surface area contributed by atoms with Gasteiger partial charge >= 0.3 is 11.4 Å². The third kappa shape index (κ3) is 2.38. The van der Waals surface area contributed by atoms with Gasteiger partial charge in [0, 0.05) is 12.4 Å². The predicted octanol–water partition coefficient (Wildman–Crippen LogP) is 2.16. The second kappa shape index (κ2) is 3.88. The van der Waals surface area contributed by atoms with Crippen molar-refractivity contribution in [2.45, 2.75) is 5.38 Å². The van der Waals surface area contributed by atoms with Gasteiger partial charge < -0.3 is 4.74 Å². The lowest BCUT2D eigenvalue weighted by atomic mass is 10.2. The van der Waals surface area contributed by atoms with Gasteiger partial charge in [-0.05, 0) is 17.7 Å². The SMILES string of the molecule is COC(=O)c1cncc(C(F)(F)Cl)c1. The molecule has 0 spiro atoms. The monoisotopic (exact) mass is 221 g/mol. The number of ether oxygens (including phenoxy) is 1. The first-order chi connectivity index (χ1) is 6.45. The third-order valence-corrected chi connectivity index (χ3v) is 1.70. The molecule has 0 saturated carbocycles. The molecule has 0 aromatic carbocycles. The average Bonchev–Trinajstić information content (AvgIpc) is 2.15. The Labute approximate surface area is 83.7 Å². The van der Waals surface area contributed by atoms with Crippen molar-refractivity contribution in [3.63, 3.8) is 0 Å². The maximum absolute atomic E-state index is 12.6. The minimum atomic E-state index is -3.53. The molecule has 0 atom stereocenters. The van der Waals surface area contributed by atoms with Crippen molar-refractivity contribution in [3.05, 3.63) is 29.6 Å². The number of pyridine rings is 1. The van der Waals surface area contributed by atoms with Crippen LogP contribution in [0.15, 0.2) is 18.5 Å². The van der Waals surface area contributed by atoms with Gasteiger partial charge in [0.2, 0.25) is 0 Å². The van der Waals surface area contributed by atoms with Crippen LogP contribution in [0.4, 0.5) is 8.78 Å². The summed E-state index contributed by atoms with van der Waals surface area (Å²) in [6.07, 6.45) is 2.01. The molecule has 0 amide bonds. The maximum atomic E-state index is 12.6. The highest BCUT2D eigenvalue weighted by atomic mass is 35.5. The summed E-state index contributed by atoms with van der Waals surface area (Å²) < 4.78 is 29.5. The van der Waals surface area contributed by atoms with Crippen LogP contribution < -0.4 is 0 Å². The van der Waals surface area contributed by atoms with Crippen molar-refractivity contribution >= 4 is 17.6 Å². The second-order valence-corrected chi connectivity index (χ2v) is 2.93. The highest BCUT2D eigenvalue weighted by Crippen LogP contribution is 2.31. The van der Waals surface area contributed by atoms with Crippen molar-refractivity contribution in [1.29, 1.82) is 0 Å². The summed E-state index contributed by atoms with van der Waals surface area (Å²) in [5.74, 6) is -0.736. The Balaban J connectivity index is 3.08. The molecule has 0 bridgehead atoms. The summed E-state index contributed by atoms with van der Waals surface area (Å²) >= 11 is 4.75. The first-order valence-electron chi connectivity index (χ1n) is 3.55. The zero-order chi connectivity index (χ0) is 10.8. The van der Waals surface area contributed by atoms with Gasteiger partial charge in [-0.15, -0.1) is 0 Å². The Morgan fingerprint density at radius 3 is 2.71 bits per heavy atom. The number of aromatic nitrogens is 1. The Morgan fingerprint density at radius 2 is 2.21 bits per heavy atom. The summed E-state index contributed by atoms with van der Waals surface area (Å²) in [5, 5.41) is -3.53. The molecule has 0 N–H and O–H groups in total. The van der Waals surface area contributed by atoms with Gasteiger partial charge in [-0.1, -0.05) is 0 Å². The lowest BCUT2D eigenvalue weighted by Gasteiger charge is -2.07. The molecule has 1 aromatic rings. The molecular weight excluding hydrogens is 216 g/mol. The molecule has 1 aromatic heterocycles. The third-order valence-electron chi connectivity index (χ3n) is 1.49. The van der Waals surface area contributed by atoms with Crippen LogP contribution in [0.25, 0.3) is 0 Å². The minimum Gasteiger partial charge on any atom is -0.465 e. The van der Waals surface area contributed by atoms with E-state index in [1.165, 1.54) is 0 Å². The number of methoxy groups -OCH3 is 1. The number of alkyl halides is 3. The van der Waals surface area contributed by atoms with E-state index < -0.39 is 16.9 Å². The van der Waals surface area contributed by atoms with Crippen molar-refractivity contribution in [2.75, 3.05) is 7.11 Å². The first kappa shape index (κ1) is 10.8. The Bertz CT molecular complexity index is 351. The van der Waals surface area contributed by atoms with E-state index in [0.717, 1.165) is 25.6 Å². The van der Waals surface area contributed by atoms with Crippen LogP contribution in [0, 0.1) is 0 Å². The predicted molar refractivity (Wildman–Crippen MR) is 45.3 cm³/mol. The largest absolute Gasteiger partial charge is 0.465 e. The van der Waals surface area contributed by atoms with Crippen LogP contribution in [-0.2, 0) is 10.1 Å². The summed E-state index contributed by atoms with van der Waals surface area (Å²) in [5.41, 5.74) is -0.604. The summed E-state index contributed by atoms with van der Waals surface area (Å²) in [6, 6.07) is 0.936. The molecule has 1 rings (SSSR count). The lowest BCUT2D eigenvalue weighted by molar-refractivity contribution is 0.0599. The number of nitrogens with zero attached hydrogens (tertiary/aromatic N) is 1. The zero-order valence-electron chi connectivity index (χ0n) is 7.13. The van der Waals surface area contributed by atoms with Gasteiger partial charge in [-0.25, -0.2) is 4.79 Å². The smallest absolute Gasteiger partial charge is 0.349 e. The van der Waals surface area contributed by atoms with Gasteiger partial charge in [-0.2, -0.15) is 8.78 Å². The van der Waals surface area contributed by atoms with E-state index >= 15 is 0 Å². The lowest BCUT2D eigenvalue weighted by Crippen LogP contribution is -2.08. The quantitative estimate of drug-likeness (QED) is 0.568. The topological polar surface area (TPSA) is 39.2 Å². The fraction of sp³-hybridized carbons (Fsp3) is 0.250. The van der Waals surface area contributed by atoms with E-state index in [1.807, 2.05) is 0 Å². The Morgan fingerprint density at radius 1 is 1.57 bits per heavy atom. The van der Waals surface area contributed by atoms with Crippen LogP contribution in [-0.4, -0.2) is 18.1 Å². The van der Waals surface area contributed by atoms with Crippen LogP contribution in [0.1, 0.15) is 15.9 Å². The first-order valence-corrected chi connectivity index (χ1v) is 3.93. The van der Waals surface area contributed by atoms with E-state index in [2.05, 4.69) is 9.72 Å². The van der Waals surface area contributed by atoms with E-state index in [9.17, 15) is 13.6 Å². The fourth-order valence-electron chi connectivity index (χ4n) is 0.824. The average molecular weight is 222 g/mol. The Hall–Kier alpha value is -1.23. The minimum absolute atomic E-state index is 0.0645. The number of esters is 1. The molecule has 3 nitrogen and oxygen atoms in total. The van der Waals surface area contributed by atoms with Gasteiger partial charge in [0.15, 0.2) is 0 Å². The molecule has 0 aliphatic heterocycles. The van der Waals surface area contributed by atoms with Gasteiger partial charge in [0.05, 0.1) is 18.2 Å². The summed E-state index contributed by atoms with van der Waals surface area (Å²) in [6.45, 7) is 0. The summed E-state index contributed by atoms with van der Waals surface area (Å²) in [7, 11) is 1.15. The number of hydrogen-bond acceptors (Lipinski definition) is 3. The molecule has 76 valence electrons. The standard InChI is InChI=1S/C8H6ClF2NO2/c1-14-7(13)5-2-6(4-12-3-5)8(9,10)11/h2-4H,1H3. The van der Waals surface area contributed by atoms with Crippen molar-refractivity contribution in [1.82, 2.24) is 4.98 Å². The van der Waals surface area contributed by atoms with Crippen LogP contribution in [0.2, 0.25) is 0 Å². The van der Waals surface area contributed by atoms with Crippen molar-refractivity contribution < 1.29 is 18.3 Å². The molecule has 1 heterocycles. The highest BCUT2D eigenvalue weighted by molar-refractivity contribution is 6.21. The molecule has 6 heteroatoms. The Kier molecular flexibility index (Phi) is 3.00. The van der Waals surface area contributed by atoms with Crippen molar-refractivity contribution in [3.8, 4) is 0 Å². The second-order valence-electron chi connectivity index (χ2n) is 2.45. The maximum Gasteiger partial charge on any atom is 0.349 e. The highest BCUT2D eigenvalue weighted by Gasteiger charge is 2.29. The number of hydrogen-bond donors (Lipinski definition) is 0. The molecule has 0 aliphatic rings. The van der Waals surface area contributed by atoms with Crippen LogP contribution in [0.3, 0.4) is 0 Å². The van der Waals surface area contributed by atoms with E-state index in [4.69, 9.17) is 11.6 Å². The molecule has 0 radical (unpaired) electrons. The number of carbonyl (C=O) groups excluding carboxylic acids is 1. The molecular formula is C8H6ClF2NO2. The van der Waals surface area contributed by atoms with E-state index in [-0.39, 0.29) is 5.56 Å². The molecule has 0 saturated heterocycles. The summed E-state index contributed by atoms with van der Waals surface area (Å²) in [4.78, 5) is 14.4. The fourth-order valence-corrected chi connectivity index (χ4v) is 0.928. The van der Waals surface area contributed by atoms with E-state index in [0.29, 0.717) is 0 Å². The normalized spacial score (nSPS) is 11.1. The number of rotatable bonds is 2. The molecule has 0 aliphatic carbocycles. The molecule has 14 heavy (non-hydrogen) atoms.